The van der Waals surface area contributed by atoms with Crippen molar-refractivity contribution in [3.05, 3.63) is 0 Å². The van der Waals surface area contributed by atoms with Gasteiger partial charge in [0.25, 0.3) is 0 Å². The maximum Gasteiger partial charge on any atom is 0.227 e. The average molecular weight is 254 g/mol. The smallest absolute Gasteiger partial charge is 0.227 e. The molecule has 0 aliphatic carbocycles. The number of amides is 2. The summed E-state index contributed by atoms with van der Waals surface area (Å²) < 4.78 is 0. The molecule has 0 bridgehead atoms. The molecule has 1 rings (SSSR count). The molecular formula is C14H26N2O2. The summed E-state index contributed by atoms with van der Waals surface area (Å²) in [7, 11) is 1.84. The van der Waals surface area contributed by atoms with E-state index >= 15 is 0 Å². The molecule has 0 spiro atoms. The van der Waals surface area contributed by atoms with Crippen LogP contribution in [0.3, 0.4) is 0 Å². The van der Waals surface area contributed by atoms with Gasteiger partial charge in [0.05, 0.1) is 0 Å². The Bertz CT molecular complexity index is 312. The summed E-state index contributed by atoms with van der Waals surface area (Å²) in [5, 5.41) is 0. The second kappa shape index (κ2) is 5.72. The highest BCUT2D eigenvalue weighted by molar-refractivity contribution is 5.82. The van der Waals surface area contributed by atoms with Crippen LogP contribution in [-0.4, -0.2) is 48.3 Å². The van der Waals surface area contributed by atoms with Gasteiger partial charge >= 0.3 is 0 Å². The summed E-state index contributed by atoms with van der Waals surface area (Å²) in [5.41, 5.74) is -0.322. The molecule has 1 saturated heterocycles. The summed E-state index contributed by atoms with van der Waals surface area (Å²) >= 11 is 0. The van der Waals surface area contributed by atoms with Crippen LogP contribution in [0.1, 0.15) is 40.5 Å². The number of rotatable bonds is 2. The molecule has 18 heavy (non-hydrogen) atoms. The van der Waals surface area contributed by atoms with Crippen molar-refractivity contribution in [3.63, 3.8) is 0 Å². The van der Waals surface area contributed by atoms with Gasteiger partial charge in [0.1, 0.15) is 0 Å². The summed E-state index contributed by atoms with van der Waals surface area (Å²) in [4.78, 5) is 27.8. The second-order valence-corrected chi connectivity index (χ2v) is 6.17. The number of carbonyl (C=O) groups is 2. The van der Waals surface area contributed by atoms with E-state index in [0.717, 1.165) is 19.4 Å². The van der Waals surface area contributed by atoms with E-state index < -0.39 is 0 Å². The van der Waals surface area contributed by atoms with Crippen LogP contribution < -0.4 is 0 Å². The van der Waals surface area contributed by atoms with Gasteiger partial charge < -0.3 is 9.80 Å². The fraction of sp³-hybridized carbons (Fsp3) is 0.857. The Morgan fingerprint density at radius 3 is 2.11 bits per heavy atom. The Kier molecular flexibility index (Phi) is 4.77. The van der Waals surface area contributed by atoms with Crippen LogP contribution in [0.4, 0.5) is 0 Å². The first kappa shape index (κ1) is 15.0. The van der Waals surface area contributed by atoms with Gasteiger partial charge in [0, 0.05) is 38.0 Å². The fourth-order valence-electron chi connectivity index (χ4n) is 2.27. The van der Waals surface area contributed by atoms with Gasteiger partial charge in [-0.1, -0.05) is 20.8 Å². The van der Waals surface area contributed by atoms with E-state index in [9.17, 15) is 9.59 Å². The minimum atomic E-state index is -0.322. The van der Waals surface area contributed by atoms with Crippen LogP contribution in [0.2, 0.25) is 0 Å². The Labute approximate surface area is 110 Å². The lowest BCUT2D eigenvalue weighted by atomic mass is 9.90. The lowest BCUT2D eigenvalue weighted by molar-refractivity contribution is -0.144. The first-order valence-electron chi connectivity index (χ1n) is 6.81. The molecule has 0 unspecified atom stereocenters. The van der Waals surface area contributed by atoms with E-state index in [0.29, 0.717) is 13.1 Å². The van der Waals surface area contributed by atoms with Crippen molar-refractivity contribution in [3.8, 4) is 0 Å². The predicted molar refractivity (Wildman–Crippen MR) is 72.1 cm³/mol. The summed E-state index contributed by atoms with van der Waals surface area (Å²) in [6, 6.07) is 0. The topological polar surface area (TPSA) is 40.6 Å². The first-order chi connectivity index (χ1) is 8.27. The van der Waals surface area contributed by atoms with Gasteiger partial charge in [0.2, 0.25) is 11.8 Å². The largest absolute Gasteiger partial charge is 0.346 e. The predicted octanol–water partition coefficient (Wildman–Crippen LogP) is 1.75. The van der Waals surface area contributed by atoms with Crippen molar-refractivity contribution in [1.29, 1.82) is 0 Å². The van der Waals surface area contributed by atoms with Crippen molar-refractivity contribution >= 4 is 11.8 Å². The van der Waals surface area contributed by atoms with Gasteiger partial charge in [-0.2, -0.15) is 0 Å². The maximum atomic E-state index is 12.1. The van der Waals surface area contributed by atoms with Gasteiger partial charge in [-0.15, -0.1) is 0 Å². The SMILES string of the molecule is CCN(C)C(=O)C1CCN(C(=O)C(C)(C)C)CC1. The van der Waals surface area contributed by atoms with E-state index in [1.54, 1.807) is 4.90 Å². The van der Waals surface area contributed by atoms with E-state index in [-0.39, 0.29) is 23.1 Å². The molecule has 1 fully saturated rings. The highest BCUT2D eigenvalue weighted by Crippen LogP contribution is 2.24. The number of hydrogen-bond donors (Lipinski definition) is 0. The standard InChI is InChI=1S/C14H26N2O2/c1-6-15(5)12(17)11-7-9-16(10-8-11)13(18)14(2,3)4/h11H,6-10H2,1-5H3. The third-order valence-electron chi connectivity index (χ3n) is 3.62. The van der Waals surface area contributed by atoms with Crippen molar-refractivity contribution in [2.24, 2.45) is 11.3 Å². The van der Waals surface area contributed by atoms with Crippen LogP contribution in [0.15, 0.2) is 0 Å². The third kappa shape index (κ3) is 3.47. The van der Waals surface area contributed by atoms with Gasteiger partial charge in [0.15, 0.2) is 0 Å². The molecule has 1 heterocycles. The zero-order valence-electron chi connectivity index (χ0n) is 12.3. The summed E-state index contributed by atoms with van der Waals surface area (Å²) in [5.74, 6) is 0.511. The lowest BCUT2D eigenvalue weighted by Crippen LogP contribution is -2.46. The Morgan fingerprint density at radius 2 is 1.72 bits per heavy atom. The molecule has 4 nitrogen and oxygen atoms in total. The van der Waals surface area contributed by atoms with Crippen LogP contribution in [0, 0.1) is 11.3 Å². The first-order valence-corrected chi connectivity index (χ1v) is 6.81. The van der Waals surface area contributed by atoms with Gasteiger partial charge in [-0.25, -0.2) is 0 Å². The zero-order valence-corrected chi connectivity index (χ0v) is 12.3. The molecule has 104 valence electrons. The fourth-order valence-corrected chi connectivity index (χ4v) is 2.27. The monoisotopic (exact) mass is 254 g/mol. The quantitative estimate of drug-likeness (QED) is 0.753. The molecule has 0 aromatic carbocycles. The molecule has 0 atom stereocenters. The minimum Gasteiger partial charge on any atom is -0.346 e. The molecule has 0 aromatic heterocycles. The highest BCUT2D eigenvalue weighted by atomic mass is 16.2. The number of nitrogens with zero attached hydrogens (tertiary/aromatic N) is 2. The minimum absolute atomic E-state index is 0.0963. The molecular weight excluding hydrogens is 228 g/mol. The third-order valence-corrected chi connectivity index (χ3v) is 3.62. The number of carbonyl (C=O) groups excluding carboxylic acids is 2. The molecule has 2 amide bonds. The average Bonchev–Trinajstić information content (AvgIpc) is 2.35. The van der Waals surface area contributed by atoms with Crippen LogP contribution in [-0.2, 0) is 9.59 Å². The van der Waals surface area contributed by atoms with Crippen LogP contribution in [0.5, 0.6) is 0 Å². The summed E-state index contributed by atoms with van der Waals surface area (Å²) in [6.07, 6.45) is 1.59. The van der Waals surface area contributed by atoms with Crippen molar-refractivity contribution < 1.29 is 9.59 Å². The van der Waals surface area contributed by atoms with Gasteiger partial charge in [-0.3, -0.25) is 9.59 Å². The Balaban J connectivity index is 2.51. The van der Waals surface area contributed by atoms with Crippen molar-refractivity contribution in [2.75, 3.05) is 26.7 Å². The number of likely N-dealkylation sites (tertiary alicyclic amines) is 1. The molecule has 1 aliphatic rings. The molecule has 0 aromatic rings. The number of piperidine rings is 1. The van der Waals surface area contributed by atoms with E-state index in [1.165, 1.54) is 0 Å². The van der Waals surface area contributed by atoms with Crippen LogP contribution in [0.25, 0.3) is 0 Å². The zero-order chi connectivity index (χ0) is 13.9. The molecule has 0 N–H and O–H groups in total. The van der Waals surface area contributed by atoms with Gasteiger partial charge in [-0.05, 0) is 19.8 Å². The second-order valence-electron chi connectivity index (χ2n) is 6.17. The molecule has 0 radical (unpaired) electrons. The lowest BCUT2D eigenvalue weighted by Gasteiger charge is -2.36. The highest BCUT2D eigenvalue weighted by Gasteiger charge is 2.32. The molecule has 4 heteroatoms. The van der Waals surface area contributed by atoms with E-state index in [2.05, 4.69) is 0 Å². The summed E-state index contributed by atoms with van der Waals surface area (Å²) in [6.45, 7) is 9.98. The Morgan fingerprint density at radius 1 is 1.22 bits per heavy atom. The number of hydrogen-bond acceptors (Lipinski definition) is 2. The van der Waals surface area contributed by atoms with Crippen LogP contribution >= 0.6 is 0 Å². The Hall–Kier alpha value is -1.06. The maximum absolute atomic E-state index is 12.1. The van der Waals surface area contributed by atoms with Crippen molar-refractivity contribution in [2.45, 2.75) is 40.5 Å². The van der Waals surface area contributed by atoms with E-state index in [1.807, 2.05) is 39.6 Å². The molecule has 0 saturated carbocycles. The normalized spacial score (nSPS) is 17.7. The molecule has 1 aliphatic heterocycles. The van der Waals surface area contributed by atoms with Crippen molar-refractivity contribution in [1.82, 2.24) is 9.80 Å². The van der Waals surface area contributed by atoms with E-state index in [4.69, 9.17) is 0 Å².